The molecule has 3 heteroatoms. The first-order valence-electron chi connectivity index (χ1n) is 7.54. The molecule has 20 heavy (non-hydrogen) atoms. The minimum Gasteiger partial charge on any atom is -0.341 e. The Morgan fingerprint density at radius 2 is 1.75 bits per heavy atom. The number of piperidine rings is 1. The van der Waals surface area contributed by atoms with Gasteiger partial charge in [0.25, 0.3) is 0 Å². The number of likely N-dealkylation sites (tertiary alicyclic amines) is 1. The Morgan fingerprint density at radius 3 is 2.25 bits per heavy atom. The first kappa shape index (κ1) is 15.0. The van der Waals surface area contributed by atoms with E-state index < -0.39 is 0 Å². The van der Waals surface area contributed by atoms with Gasteiger partial charge in [-0.3, -0.25) is 4.79 Å². The molecule has 0 aromatic heterocycles. The fraction of sp³-hybridized carbons (Fsp3) is 0.588. The van der Waals surface area contributed by atoms with E-state index in [9.17, 15) is 4.79 Å². The van der Waals surface area contributed by atoms with Gasteiger partial charge in [-0.1, -0.05) is 51.1 Å². The summed E-state index contributed by atoms with van der Waals surface area (Å²) in [4.78, 5) is 14.2. The summed E-state index contributed by atoms with van der Waals surface area (Å²) >= 11 is 0. The SMILES string of the molecule is CC(C)[C@H](N)C(=O)N1CCC(C)(c2ccccc2)CC1. The first-order valence-corrected chi connectivity index (χ1v) is 7.54. The van der Waals surface area contributed by atoms with Crippen LogP contribution >= 0.6 is 0 Å². The Balaban J connectivity index is 2.01. The van der Waals surface area contributed by atoms with Crippen LogP contribution in [0.5, 0.6) is 0 Å². The largest absolute Gasteiger partial charge is 0.341 e. The Morgan fingerprint density at radius 1 is 1.20 bits per heavy atom. The van der Waals surface area contributed by atoms with Crippen molar-refractivity contribution in [1.29, 1.82) is 0 Å². The summed E-state index contributed by atoms with van der Waals surface area (Å²) in [6.07, 6.45) is 2.02. The molecular formula is C17H26N2O. The van der Waals surface area contributed by atoms with Crippen LogP contribution in [0, 0.1) is 5.92 Å². The third kappa shape index (κ3) is 3.04. The molecule has 0 spiro atoms. The third-order valence-corrected chi connectivity index (χ3v) is 4.65. The Hall–Kier alpha value is -1.35. The molecule has 1 heterocycles. The summed E-state index contributed by atoms with van der Waals surface area (Å²) in [6.45, 7) is 7.92. The predicted octanol–water partition coefficient (Wildman–Crippen LogP) is 2.55. The smallest absolute Gasteiger partial charge is 0.239 e. The van der Waals surface area contributed by atoms with Gasteiger partial charge in [0.1, 0.15) is 0 Å². The molecule has 1 aromatic carbocycles. The van der Waals surface area contributed by atoms with Crippen molar-refractivity contribution in [3.8, 4) is 0 Å². The van der Waals surface area contributed by atoms with Crippen molar-refractivity contribution < 1.29 is 4.79 Å². The van der Waals surface area contributed by atoms with E-state index in [2.05, 4.69) is 31.2 Å². The molecule has 1 fully saturated rings. The molecule has 3 nitrogen and oxygen atoms in total. The van der Waals surface area contributed by atoms with E-state index in [-0.39, 0.29) is 23.3 Å². The van der Waals surface area contributed by atoms with Crippen molar-refractivity contribution in [2.24, 2.45) is 11.7 Å². The van der Waals surface area contributed by atoms with Crippen LogP contribution in [0.3, 0.4) is 0 Å². The molecule has 0 unspecified atom stereocenters. The van der Waals surface area contributed by atoms with Crippen LogP contribution in [0.25, 0.3) is 0 Å². The van der Waals surface area contributed by atoms with Crippen LogP contribution in [0.4, 0.5) is 0 Å². The molecule has 2 N–H and O–H groups in total. The van der Waals surface area contributed by atoms with Gasteiger partial charge in [-0.05, 0) is 29.7 Å². The molecule has 0 aliphatic carbocycles. The highest BCUT2D eigenvalue weighted by molar-refractivity contribution is 5.82. The number of nitrogens with zero attached hydrogens (tertiary/aromatic N) is 1. The number of hydrogen-bond acceptors (Lipinski definition) is 2. The molecule has 1 aliphatic heterocycles. The van der Waals surface area contributed by atoms with Gasteiger partial charge in [-0.25, -0.2) is 0 Å². The highest BCUT2D eigenvalue weighted by Crippen LogP contribution is 2.35. The average molecular weight is 274 g/mol. The Kier molecular flexibility index (Phi) is 4.48. The molecule has 1 aromatic rings. The third-order valence-electron chi connectivity index (χ3n) is 4.65. The van der Waals surface area contributed by atoms with Gasteiger partial charge in [0, 0.05) is 13.1 Å². The van der Waals surface area contributed by atoms with E-state index in [1.165, 1.54) is 5.56 Å². The molecule has 1 atom stereocenters. The standard InChI is InChI=1S/C17H26N2O/c1-13(2)15(18)16(20)19-11-9-17(3,10-12-19)14-7-5-4-6-8-14/h4-8,13,15H,9-12,18H2,1-3H3/t15-/m0/s1. The van der Waals surface area contributed by atoms with Crippen LogP contribution in [0.15, 0.2) is 30.3 Å². The van der Waals surface area contributed by atoms with E-state index in [4.69, 9.17) is 5.73 Å². The summed E-state index contributed by atoms with van der Waals surface area (Å²) < 4.78 is 0. The predicted molar refractivity (Wildman–Crippen MR) is 82.4 cm³/mol. The van der Waals surface area contributed by atoms with Gasteiger partial charge in [0.15, 0.2) is 0 Å². The lowest BCUT2D eigenvalue weighted by molar-refractivity contribution is -0.135. The van der Waals surface area contributed by atoms with Gasteiger partial charge in [-0.15, -0.1) is 0 Å². The maximum absolute atomic E-state index is 12.3. The van der Waals surface area contributed by atoms with Crippen LogP contribution < -0.4 is 5.73 Å². The van der Waals surface area contributed by atoms with Gasteiger partial charge < -0.3 is 10.6 Å². The van der Waals surface area contributed by atoms with Crippen molar-refractivity contribution >= 4 is 5.91 Å². The van der Waals surface area contributed by atoms with Crippen molar-refractivity contribution in [2.75, 3.05) is 13.1 Å². The van der Waals surface area contributed by atoms with Gasteiger partial charge >= 0.3 is 0 Å². The number of amides is 1. The van der Waals surface area contributed by atoms with E-state index in [1.807, 2.05) is 24.8 Å². The number of nitrogens with two attached hydrogens (primary N) is 1. The Bertz CT molecular complexity index is 447. The highest BCUT2D eigenvalue weighted by Gasteiger charge is 2.34. The van der Waals surface area contributed by atoms with Crippen LogP contribution in [0.1, 0.15) is 39.2 Å². The zero-order valence-corrected chi connectivity index (χ0v) is 12.8. The molecule has 110 valence electrons. The summed E-state index contributed by atoms with van der Waals surface area (Å²) in [7, 11) is 0. The zero-order valence-electron chi connectivity index (χ0n) is 12.8. The summed E-state index contributed by atoms with van der Waals surface area (Å²) in [5, 5.41) is 0. The molecule has 1 amide bonds. The number of benzene rings is 1. The fourth-order valence-corrected chi connectivity index (χ4v) is 2.85. The molecule has 0 radical (unpaired) electrons. The van der Waals surface area contributed by atoms with Crippen molar-refractivity contribution in [1.82, 2.24) is 4.90 Å². The van der Waals surface area contributed by atoms with Crippen molar-refractivity contribution in [3.05, 3.63) is 35.9 Å². The second-order valence-corrected chi connectivity index (χ2v) is 6.52. The van der Waals surface area contributed by atoms with Gasteiger partial charge in [0.05, 0.1) is 6.04 Å². The molecule has 1 saturated heterocycles. The topological polar surface area (TPSA) is 46.3 Å². The molecule has 0 saturated carbocycles. The van der Waals surface area contributed by atoms with E-state index in [0.29, 0.717) is 0 Å². The minimum absolute atomic E-state index is 0.107. The number of carbonyl (C=O) groups excluding carboxylic acids is 1. The highest BCUT2D eigenvalue weighted by atomic mass is 16.2. The van der Waals surface area contributed by atoms with Gasteiger partial charge in [0.2, 0.25) is 5.91 Å². The first-order chi connectivity index (χ1) is 9.44. The zero-order chi connectivity index (χ0) is 14.8. The molecule has 0 bridgehead atoms. The summed E-state index contributed by atoms with van der Waals surface area (Å²) in [5.41, 5.74) is 7.53. The lowest BCUT2D eigenvalue weighted by Crippen LogP contribution is -2.51. The van der Waals surface area contributed by atoms with Gasteiger partial charge in [-0.2, -0.15) is 0 Å². The summed E-state index contributed by atoms with van der Waals surface area (Å²) in [5.74, 6) is 0.306. The summed E-state index contributed by atoms with van der Waals surface area (Å²) in [6, 6.07) is 10.2. The van der Waals surface area contributed by atoms with E-state index in [1.54, 1.807) is 0 Å². The minimum atomic E-state index is -0.365. The maximum Gasteiger partial charge on any atom is 0.239 e. The average Bonchev–Trinajstić information content (AvgIpc) is 2.47. The lowest BCUT2D eigenvalue weighted by atomic mass is 9.74. The van der Waals surface area contributed by atoms with Crippen molar-refractivity contribution in [2.45, 2.75) is 45.1 Å². The number of hydrogen-bond donors (Lipinski definition) is 1. The molecule has 2 rings (SSSR count). The quantitative estimate of drug-likeness (QED) is 0.920. The monoisotopic (exact) mass is 274 g/mol. The van der Waals surface area contributed by atoms with E-state index >= 15 is 0 Å². The van der Waals surface area contributed by atoms with Crippen molar-refractivity contribution in [3.63, 3.8) is 0 Å². The molecule has 1 aliphatic rings. The normalized spacial score (nSPS) is 19.9. The number of rotatable bonds is 3. The number of carbonyl (C=O) groups is 1. The Labute approximate surface area is 122 Å². The second-order valence-electron chi connectivity index (χ2n) is 6.52. The maximum atomic E-state index is 12.3. The van der Waals surface area contributed by atoms with Crippen LogP contribution in [-0.4, -0.2) is 29.9 Å². The second kappa shape index (κ2) is 5.96. The lowest BCUT2D eigenvalue weighted by Gasteiger charge is -2.41. The van der Waals surface area contributed by atoms with Crippen LogP contribution in [-0.2, 0) is 10.2 Å². The fourth-order valence-electron chi connectivity index (χ4n) is 2.85. The molecular weight excluding hydrogens is 248 g/mol. The van der Waals surface area contributed by atoms with Crippen LogP contribution in [0.2, 0.25) is 0 Å². The van der Waals surface area contributed by atoms with E-state index in [0.717, 1.165) is 25.9 Å².